The molecule has 4 nitrogen and oxygen atoms in total. The minimum atomic E-state index is -0.248. The van der Waals surface area contributed by atoms with E-state index in [2.05, 4.69) is 39.6 Å². The number of aromatic nitrogens is 4. The predicted octanol–water partition coefficient (Wildman–Crippen LogP) is 4.47. The summed E-state index contributed by atoms with van der Waals surface area (Å²) in [6.07, 6.45) is 1.03. The fraction of sp³-hybridized carbons (Fsp3) is 0.167. The predicted molar refractivity (Wildman–Crippen MR) is 100 cm³/mol. The highest BCUT2D eigenvalue weighted by Crippen LogP contribution is 2.26. The maximum atomic E-state index is 13.1. The third kappa shape index (κ3) is 3.72. The van der Waals surface area contributed by atoms with Gasteiger partial charge in [0, 0.05) is 5.56 Å². The molecule has 0 fully saturated rings. The van der Waals surface area contributed by atoms with Crippen LogP contribution in [0.2, 0.25) is 0 Å². The van der Waals surface area contributed by atoms with Crippen molar-refractivity contribution in [2.24, 2.45) is 0 Å². The third-order valence-electron chi connectivity index (χ3n) is 3.76. The summed E-state index contributed by atoms with van der Waals surface area (Å²) < 4.78 is 14.8. The van der Waals surface area contributed by atoms with E-state index >= 15 is 0 Å². The van der Waals surface area contributed by atoms with E-state index in [4.69, 9.17) is 0 Å². The van der Waals surface area contributed by atoms with E-state index in [0.29, 0.717) is 0 Å². The maximum Gasteiger partial charge on any atom is 0.235 e. The van der Waals surface area contributed by atoms with E-state index in [1.807, 2.05) is 17.8 Å². The standard InChI is InChI=1S/C18H15FN4S2/c19-15-8-6-14(7-9-15)17-22-23-16(20-21-18(23)25-17)12-24-11-10-13-4-2-1-3-5-13/h1-9H,10-12H2. The molecule has 7 heteroatoms. The van der Waals surface area contributed by atoms with Gasteiger partial charge in [0.15, 0.2) is 5.82 Å². The van der Waals surface area contributed by atoms with E-state index < -0.39 is 0 Å². The van der Waals surface area contributed by atoms with Gasteiger partial charge in [-0.25, -0.2) is 4.39 Å². The highest BCUT2D eigenvalue weighted by atomic mass is 32.2. The number of fused-ring (bicyclic) bond motifs is 1. The molecule has 0 N–H and O–H groups in total. The number of benzene rings is 2. The van der Waals surface area contributed by atoms with Gasteiger partial charge in [-0.05, 0) is 42.0 Å². The average molecular weight is 370 g/mol. The topological polar surface area (TPSA) is 43.1 Å². The molecule has 4 aromatic rings. The van der Waals surface area contributed by atoms with Crippen LogP contribution in [0, 0.1) is 5.82 Å². The van der Waals surface area contributed by atoms with Crippen LogP contribution in [0.5, 0.6) is 0 Å². The molecular weight excluding hydrogens is 355 g/mol. The number of nitrogens with zero attached hydrogens (tertiary/aromatic N) is 4. The van der Waals surface area contributed by atoms with Gasteiger partial charge in [-0.1, -0.05) is 41.7 Å². The Bertz CT molecular complexity index is 964. The summed E-state index contributed by atoms with van der Waals surface area (Å²) in [5.41, 5.74) is 2.23. The van der Waals surface area contributed by atoms with Gasteiger partial charge < -0.3 is 0 Å². The van der Waals surface area contributed by atoms with Crippen molar-refractivity contribution < 1.29 is 4.39 Å². The molecule has 2 aromatic carbocycles. The lowest BCUT2D eigenvalue weighted by molar-refractivity contribution is 0.628. The molecule has 0 unspecified atom stereocenters. The van der Waals surface area contributed by atoms with Crippen molar-refractivity contribution in [2.45, 2.75) is 12.2 Å². The lowest BCUT2D eigenvalue weighted by Gasteiger charge is -2.00. The van der Waals surface area contributed by atoms with Crippen molar-refractivity contribution in [3.8, 4) is 10.6 Å². The number of hydrogen-bond acceptors (Lipinski definition) is 5. The smallest absolute Gasteiger partial charge is 0.207 e. The molecule has 2 heterocycles. The molecule has 0 aliphatic heterocycles. The quantitative estimate of drug-likeness (QED) is 0.470. The number of thioether (sulfide) groups is 1. The first-order chi connectivity index (χ1) is 12.3. The Morgan fingerprint density at radius 3 is 2.60 bits per heavy atom. The molecule has 4 rings (SSSR count). The number of hydrogen-bond donors (Lipinski definition) is 0. The Balaban J connectivity index is 1.43. The molecule has 25 heavy (non-hydrogen) atoms. The van der Waals surface area contributed by atoms with Gasteiger partial charge in [0.25, 0.3) is 0 Å². The van der Waals surface area contributed by atoms with Crippen LogP contribution in [-0.2, 0) is 12.2 Å². The third-order valence-corrected chi connectivity index (χ3v) is 5.66. The molecule has 0 amide bonds. The molecule has 0 aliphatic rings. The summed E-state index contributed by atoms with van der Waals surface area (Å²) in [4.78, 5) is 0.762. The Morgan fingerprint density at radius 2 is 1.80 bits per heavy atom. The molecule has 126 valence electrons. The molecule has 0 aliphatic carbocycles. The number of rotatable bonds is 6. The van der Waals surface area contributed by atoms with E-state index in [1.165, 1.54) is 29.0 Å². The first-order valence-electron chi connectivity index (χ1n) is 7.88. The van der Waals surface area contributed by atoms with Gasteiger partial charge in [-0.2, -0.15) is 21.4 Å². The van der Waals surface area contributed by atoms with Gasteiger partial charge >= 0.3 is 0 Å². The zero-order valence-corrected chi connectivity index (χ0v) is 14.9. The monoisotopic (exact) mass is 370 g/mol. The van der Waals surface area contributed by atoms with Crippen LogP contribution in [0.4, 0.5) is 4.39 Å². The van der Waals surface area contributed by atoms with Gasteiger partial charge in [-0.3, -0.25) is 0 Å². The maximum absolute atomic E-state index is 13.1. The summed E-state index contributed by atoms with van der Waals surface area (Å²) in [6, 6.07) is 16.8. The van der Waals surface area contributed by atoms with Crippen molar-refractivity contribution >= 4 is 28.1 Å². The zero-order chi connectivity index (χ0) is 17.1. The second-order valence-corrected chi connectivity index (χ2v) is 7.57. The minimum absolute atomic E-state index is 0.248. The van der Waals surface area contributed by atoms with Crippen LogP contribution in [-0.4, -0.2) is 25.6 Å². The fourth-order valence-corrected chi connectivity index (χ4v) is 4.21. The molecule has 0 bridgehead atoms. The van der Waals surface area contributed by atoms with Crippen molar-refractivity contribution in [1.29, 1.82) is 0 Å². The second kappa shape index (κ2) is 7.33. The lowest BCUT2D eigenvalue weighted by Crippen LogP contribution is -1.96. The normalized spacial score (nSPS) is 11.2. The minimum Gasteiger partial charge on any atom is -0.207 e. The van der Waals surface area contributed by atoms with Crippen molar-refractivity contribution in [1.82, 2.24) is 19.8 Å². The largest absolute Gasteiger partial charge is 0.235 e. The molecule has 2 aromatic heterocycles. The van der Waals surface area contributed by atoms with E-state index in [9.17, 15) is 4.39 Å². The SMILES string of the molecule is Fc1ccc(-c2nn3c(CSCCc4ccccc4)nnc3s2)cc1. The van der Waals surface area contributed by atoms with Crippen molar-refractivity contribution in [2.75, 3.05) is 5.75 Å². The van der Waals surface area contributed by atoms with Crippen LogP contribution >= 0.6 is 23.1 Å². The van der Waals surface area contributed by atoms with Crippen LogP contribution in [0.15, 0.2) is 54.6 Å². The molecule has 0 spiro atoms. The molecular formula is C18H15FN4S2. The van der Waals surface area contributed by atoms with E-state index in [1.54, 1.807) is 16.6 Å². The molecule has 0 saturated carbocycles. The van der Waals surface area contributed by atoms with Crippen LogP contribution in [0.3, 0.4) is 0 Å². The summed E-state index contributed by atoms with van der Waals surface area (Å²) >= 11 is 3.28. The average Bonchev–Trinajstić information content (AvgIpc) is 3.22. The highest BCUT2D eigenvalue weighted by Gasteiger charge is 2.13. The second-order valence-electron chi connectivity index (χ2n) is 5.51. The first-order valence-corrected chi connectivity index (χ1v) is 9.85. The Kier molecular flexibility index (Phi) is 4.76. The fourth-order valence-electron chi connectivity index (χ4n) is 2.45. The zero-order valence-electron chi connectivity index (χ0n) is 13.3. The molecule has 0 saturated heterocycles. The van der Waals surface area contributed by atoms with Crippen LogP contribution < -0.4 is 0 Å². The van der Waals surface area contributed by atoms with Gasteiger partial charge in [0.05, 0.1) is 5.75 Å². The molecule has 0 atom stereocenters. The van der Waals surface area contributed by atoms with Crippen molar-refractivity contribution in [3.05, 3.63) is 71.8 Å². The summed E-state index contributed by atoms with van der Waals surface area (Å²) in [5, 5.41) is 13.8. The Hall–Kier alpha value is -2.25. The summed E-state index contributed by atoms with van der Waals surface area (Å²) in [5.74, 6) is 2.38. The van der Waals surface area contributed by atoms with Crippen molar-refractivity contribution in [3.63, 3.8) is 0 Å². The highest BCUT2D eigenvalue weighted by molar-refractivity contribution is 7.98. The number of halogens is 1. The summed E-state index contributed by atoms with van der Waals surface area (Å²) in [6.45, 7) is 0. The number of aryl methyl sites for hydroxylation is 1. The Morgan fingerprint density at radius 1 is 1.00 bits per heavy atom. The van der Waals surface area contributed by atoms with Crippen LogP contribution in [0.1, 0.15) is 11.4 Å². The van der Waals surface area contributed by atoms with Gasteiger partial charge in [-0.15, -0.1) is 10.2 Å². The lowest BCUT2D eigenvalue weighted by atomic mass is 10.2. The molecule has 0 radical (unpaired) electrons. The van der Waals surface area contributed by atoms with E-state index in [0.717, 1.165) is 39.3 Å². The summed E-state index contributed by atoms with van der Waals surface area (Å²) in [7, 11) is 0. The van der Waals surface area contributed by atoms with E-state index in [-0.39, 0.29) is 5.82 Å². The van der Waals surface area contributed by atoms with Gasteiger partial charge in [0.2, 0.25) is 4.96 Å². The Labute approximate surface area is 152 Å². The first kappa shape index (κ1) is 16.2. The van der Waals surface area contributed by atoms with Gasteiger partial charge in [0.1, 0.15) is 10.8 Å². The van der Waals surface area contributed by atoms with Crippen LogP contribution in [0.25, 0.3) is 15.5 Å².